The Morgan fingerprint density at radius 3 is 3.00 bits per heavy atom. The highest BCUT2D eigenvalue weighted by molar-refractivity contribution is 5.24. The molecule has 1 atom stereocenters. The molecule has 2 heterocycles. The van der Waals surface area contributed by atoms with E-state index in [1.165, 1.54) is 18.4 Å². The second-order valence-electron chi connectivity index (χ2n) is 5.37. The summed E-state index contributed by atoms with van der Waals surface area (Å²) in [5, 5.41) is 3.39. The van der Waals surface area contributed by atoms with E-state index in [4.69, 9.17) is 9.47 Å². The van der Waals surface area contributed by atoms with Gasteiger partial charge in [0.25, 0.3) is 0 Å². The van der Waals surface area contributed by atoms with Crippen LogP contribution >= 0.6 is 0 Å². The minimum Gasteiger partial charge on any atom is -0.475 e. The van der Waals surface area contributed by atoms with Gasteiger partial charge in [0, 0.05) is 24.9 Å². The summed E-state index contributed by atoms with van der Waals surface area (Å²) >= 11 is 0. The van der Waals surface area contributed by atoms with Crippen LogP contribution in [0.2, 0.25) is 0 Å². The van der Waals surface area contributed by atoms with E-state index < -0.39 is 0 Å². The topological polar surface area (TPSA) is 43.4 Å². The monoisotopic (exact) mass is 278 g/mol. The lowest BCUT2D eigenvalue weighted by Crippen LogP contribution is -2.26. The molecule has 112 valence electrons. The van der Waals surface area contributed by atoms with E-state index in [0.717, 1.165) is 38.2 Å². The molecule has 1 aromatic rings. The summed E-state index contributed by atoms with van der Waals surface area (Å²) in [6, 6.07) is 4.06. The quantitative estimate of drug-likeness (QED) is 0.779. The van der Waals surface area contributed by atoms with Crippen molar-refractivity contribution in [3.8, 4) is 5.88 Å². The van der Waals surface area contributed by atoms with Crippen LogP contribution in [-0.2, 0) is 11.3 Å². The molecule has 0 amide bonds. The fraction of sp³-hybridized carbons (Fsp3) is 0.688. The molecule has 0 bridgehead atoms. The van der Waals surface area contributed by atoms with Crippen molar-refractivity contribution in [2.24, 2.45) is 0 Å². The zero-order valence-corrected chi connectivity index (χ0v) is 12.7. The van der Waals surface area contributed by atoms with Crippen LogP contribution in [0, 0.1) is 6.92 Å². The molecule has 0 aromatic carbocycles. The smallest absolute Gasteiger partial charge is 0.213 e. The Labute approximate surface area is 121 Å². The molecule has 4 nitrogen and oxygen atoms in total. The van der Waals surface area contributed by atoms with Crippen molar-refractivity contribution in [1.29, 1.82) is 0 Å². The molecule has 4 heteroatoms. The van der Waals surface area contributed by atoms with Crippen LogP contribution < -0.4 is 10.1 Å². The maximum Gasteiger partial charge on any atom is 0.213 e. The average molecular weight is 278 g/mol. The SMILES string of the molecule is CCCNCc1ccc(OCC2CCCCO2)nc1C. The van der Waals surface area contributed by atoms with E-state index in [2.05, 4.69) is 23.3 Å². The maximum atomic E-state index is 5.75. The number of aryl methyl sites for hydroxylation is 1. The van der Waals surface area contributed by atoms with E-state index in [1.807, 2.05) is 13.0 Å². The molecular weight excluding hydrogens is 252 g/mol. The summed E-state index contributed by atoms with van der Waals surface area (Å²) < 4.78 is 11.4. The predicted octanol–water partition coefficient (Wildman–Crippen LogP) is 2.84. The summed E-state index contributed by atoms with van der Waals surface area (Å²) in [6.07, 6.45) is 4.89. The van der Waals surface area contributed by atoms with Gasteiger partial charge in [-0.05, 0) is 44.7 Å². The lowest BCUT2D eigenvalue weighted by Gasteiger charge is -2.22. The summed E-state index contributed by atoms with van der Waals surface area (Å²) in [7, 11) is 0. The molecule has 1 aromatic heterocycles. The Balaban J connectivity index is 1.81. The number of ether oxygens (including phenoxy) is 2. The molecule has 0 radical (unpaired) electrons. The van der Waals surface area contributed by atoms with E-state index >= 15 is 0 Å². The third-order valence-corrected chi connectivity index (χ3v) is 3.60. The molecule has 1 aliphatic heterocycles. The summed E-state index contributed by atoms with van der Waals surface area (Å²) in [6.45, 7) is 7.59. The number of hydrogen-bond acceptors (Lipinski definition) is 4. The van der Waals surface area contributed by atoms with Gasteiger partial charge in [0.1, 0.15) is 6.61 Å². The third kappa shape index (κ3) is 4.76. The average Bonchev–Trinajstić information content (AvgIpc) is 2.48. The molecule has 1 N–H and O–H groups in total. The molecular formula is C16H26N2O2. The third-order valence-electron chi connectivity index (χ3n) is 3.60. The van der Waals surface area contributed by atoms with Gasteiger partial charge in [-0.2, -0.15) is 0 Å². The molecule has 20 heavy (non-hydrogen) atoms. The molecule has 2 rings (SSSR count). The molecule has 1 unspecified atom stereocenters. The first-order valence-electron chi connectivity index (χ1n) is 7.71. The van der Waals surface area contributed by atoms with Gasteiger partial charge in [0.2, 0.25) is 5.88 Å². The number of pyridine rings is 1. The highest BCUT2D eigenvalue weighted by atomic mass is 16.5. The normalized spacial score (nSPS) is 19.0. The minimum absolute atomic E-state index is 0.233. The minimum atomic E-state index is 0.233. The van der Waals surface area contributed by atoms with Crippen LogP contribution in [-0.4, -0.2) is 30.8 Å². The van der Waals surface area contributed by atoms with Gasteiger partial charge in [-0.3, -0.25) is 0 Å². The summed E-state index contributed by atoms with van der Waals surface area (Å²) in [5.41, 5.74) is 2.27. The second kappa shape index (κ2) is 8.22. The zero-order valence-electron chi connectivity index (χ0n) is 12.7. The van der Waals surface area contributed by atoms with Gasteiger partial charge in [-0.25, -0.2) is 4.98 Å². The van der Waals surface area contributed by atoms with Crippen molar-refractivity contribution in [2.75, 3.05) is 19.8 Å². The predicted molar refractivity (Wildman–Crippen MR) is 80.1 cm³/mol. The van der Waals surface area contributed by atoms with Crippen LogP contribution in [0.4, 0.5) is 0 Å². The maximum absolute atomic E-state index is 5.75. The molecule has 0 saturated carbocycles. The van der Waals surface area contributed by atoms with Gasteiger partial charge in [-0.1, -0.05) is 13.0 Å². The highest BCUT2D eigenvalue weighted by Gasteiger charge is 2.14. The van der Waals surface area contributed by atoms with E-state index in [0.29, 0.717) is 12.5 Å². The summed E-state index contributed by atoms with van der Waals surface area (Å²) in [5.74, 6) is 0.705. The first kappa shape index (κ1) is 15.3. The van der Waals surface area contributed by atoms with Gasteiger partial charge in [0.15, 0.2) is 0 Å². The lowest BCUT2D eigenvalue weighted by molar-refractivity contribution is -0.0119. The van der Waals surface area contributed by atoms with Gasteiger partial charge in [0.05, 0.1) is 6.10 Å². The number of rotatable bonds is 7. The van der Waals surface area contributed by atoms with Crippen molar-refractivity contribution >= 4 is 0 Å². The lowest BCUT2D eigenvalue weighted by atomic mass is 10.1. The van der Waals surface area contributed by atoms with Gasteiger partial charge < -0.3 is 14.8 Å². The van der Waals surface area contributed by atoms with Crippen LogP contribution in [0.1, 0.15) is 43.9 Å². The summed E-state index contributed by atoms with van der Waals surface area (Å²) in [4.78, 5) is 4.52. The number of aromatic nitrogens is 1. The Bertz CT molecular complexity index is 403. The van der Waals surface area contributed by atoms with Crippen LogP contribution in [0.15, 0.2) is 12.1 Å². The molecule has 0 aliphatic carbocycles. The van der Waals surface area contributed by atoms with E-state index in [9.17, 15) is 0 Å². The first-order chi connectivity index (χ1) is 9.79. The number of nitrogens with one attached hydrogen (secondary N) is 1. The van der Waals surface area contributed by atoms with Crippen molar-refractivity contribution < 1.29 is 9.47 Å². The van der Waals surface area contributed by atoms with Crippen molar-refractivity contribution in [2.45, 2.75) is 52.2 Å². The molecule has 1 fully saturated rings. The first-order valence-corrected chi connectivity index (χ1v) is 7.71. The Kier molecular flexibility index (Phi) is 6.27. The number of hydrogen-bond donors (Lipinski definition) is 1. The highest BCUT2D eigenvalue weighted by Crippen LogP contribution is 2.16. The fourth-order valence-corrected chi connectivity index (χ4v) is 2.35. The Morgan fingerprint density at radius 1 is 1.40 bits per heavy atom. The number of nitrogens with zero attached hydrogens (tertiary/aromatic N) is 1. The molecule has 0 spiro atoms. The zero-order chi connectivity index (χ0) is 14.2. The van der Waals surface area contributed by atoms with Crippen molar-refractivity contribution in [3.05, 3.63) is 23.4 Å². The van der Waals surface area contributed by atoms with Crippen LogP contribution in [0.25, 0.3) is 0 Å². The van der Waals surface area contributed by atoms with E-state index in [1.54, 1.807) is 0 Å². The second-order valence-corrected chi connectivity index (χ2v) is 5.37. The van der Waals surface area contributed by atoms with Gasteiger partial charge >= 0.3 is 0 Å². The van der Waals surface area contributed by atoms with E-state index in [-0.39, 0.29) is 6.10 Å². The molecule has 1 aliphatic rings. The van der Waals surface area contributed by atoms with Crippen molar-refractivity contribution in [1.82, 2.24) is 10.3 Å². The Hall–Kier alpha value is -1.13. The largest absolute Gasteiger partial charge is 0.475 e. The van der Waals surface area contributed by atoms with Gasteiger partial charge in [-0.15, -0.1) is 0 Å². The fourth-order valence-electron chi connectivity index (χ4n) is 2.35. The van der Waals surface area contributed by atoms with Crippen molar-refractivity contribution in [3.63, 3.8) is 0 Å². The van der Waals surface area contributed by atoms with Crippen LogP contribution in [0.3, 0.4) is 0 Å². The molecule has 1 saturated heterocycles. The Morgan fingerprint density at radius 2 is 2.30 bits per heavy atom. The standard InChI is InChI=1S/C16H26N2O2/c1-3-9-17-11-14-7-8-16(18-13(14)2)20-12-15-6-4-5-10-19-15/h7-8,15,17H,3-6,9-12H2,1-2H3. The van der Waals surface area contributed by atoms with Crippen LogP contribution in [0.5, 0.6) is 5.88 Å².